The molecule has 3 aliphatic rings. The summed E-state index contributed by atoms with van der Waals surface area (Å²) in [5.74, 6) is -0.333. The standard InChI is InChI=1S/C20H30N4O5/c21-24-23-17-5-2-1-4-15(17)12-20(19(26)27)13-29-18(22-20)14-6-8-16(9-7-14)28-11-3-10-25/h14,16,25H,1-13H2,(H,26,27)/t14?,16?,20-/m1/s1. The highest BCUT2D eigenvalue weighted by atomic mass is 16.5. The molecule has 0 saturated heterocycles. The fourth-order valence-electron chi connectivity index (χ4n) is 4.41. The molecule has 2 aliphatic carbocycles. The van der Waals surface area contributed by atoms with Crippen molar-refractivity contribution in [3.63, 3.8) is 0 Å². The first-order chi connectivity index (χ1) is 14.1. The number of aliphatic hydroxyl groups excluding tert-OH is 1. The molecule has 0 aromatic heterocycles. The van der Waals surface area contributed by atoms with E-state index < -0.39 is 11.5 Å². The lowest BCUT2D eigenvalue weighted by Crippen LogP contribution is -2.39. The summed E-state index contributed by atoms with van der Waals surface area (Å²) >= 11 is 0. The second-order valence-electron chi connectivity index (χ2n) is 8.12. The summed E-state index contributed by atoms with van der Waals surface area (Å²) in [5.41, 5.74) is 9.04. The van der Waals surface area contributed by atoms with Crippen molar-refractivity contribution in [2.75, 3.05) is 19.8 Å². The molecular weight excluding hydrogens is 376 g/mol. The van der Waals surface area contributed by atoms with Gasteiger partial charge in [-0.05, 0) is 63.3 Å². The lowest BCUT2D eigenvalue weighted by atomic mass is 9.85. The molecule has 29 heavy (non-hydrogen) atoms. The van der Waals surface area contributed by atoms with E-state index in [1.165, 1.54) is 0 Å². The molecule has 0 spiro atoms. The topological polar surface area (TPSA) is 137 Å². The Kier molecular flexibility index (Phi) is 7.52. The van der Waals surface area contributed by atoms with Gasteiger partial charge in [-0.25, -0.2) is 9.79 Å². The molecule has 160 valence electrons. The summed E-state index contributed by atoms with van der Waals surface area (Å²) < 4.78 is 11.6. The van der Waals surface area contributed by atoms with Crippen LogP contribution in [0.3, 0.4) is 0 Å². The van der Waals surface area contributed by atoms with E-state index in [1.807, 2.05) is 0 Å². The van der Waals surface area contributed by atoms with Gasteiger partial charge in [-0.2, -0.15) is 0 Å². The van der Waals surface area contributed by atoms with Gasteiger partial charge >= 0.3 is 5.97 Å². The Morgan fingerprint density at radius 3 is 2.76 bits per heavy atom. The zero-order valence-electron chi connectivity index (χ0n) is 16.8. The van der Waals surface area contributed by atoms with Crippen LogP contribution in [-0.2, 0) is 14.3 Å². The van der Waals surface area contributed by atoms with Crippen LogP contribution >= 0.6 is 0 Å². The second-order valence-corrected chi connectivity index (χ2v) is 8.12. The maximum atomic E-state index is 12.1. The van der Waals surface area contributed by atoms with Gasteiger partial charge in [0.25, 0.3) is 0 Å². The molecule has 3 rings (SSSR count). The van der Waals surface area contributed by atoms with Gasteiger partial charge in [0.2, 0.25) is 0 Å². The smallest absolute Gasteiger partial charge is 0.335 e. The van der Waals surface area contributed by atoms with Crippen molar-refractivity contribution in [1.29, 1.82) is 0 Å². The maximum Gasteiger partial charge on any atom is 0.335 e. The van der Waals surface area contributed by atoms with Crippen LogP contribution in [0.15, 0.2) is 21.4 Å². The van der Waals surface area contributed by atoms with Crippen molar-refractivity contribution < 1.29 is 24.5 Å². The Balaban J connectivity index is 1.67. The number of aliphatic hydroxyl groups is 1. The molecule has 9 heteroatoms. The minimum Gasteiger partial charge on any atom is -0.479 e. The lowest BCUT2D eigenvalue weighted by molar-refractivity contribution is -0.143. The summed E-state index contributed by atoms with van der Waals surface area (Å²) in [4.78, 5) is 19.6. The fraction of sp³-hybridized carbons (Fsp3) is 0.800. The third-order valence-electron chi connectivity index (χ3n) is 6.08. The molecule has 0 aromatic carbocycles. The fourth-order valence-corrected chi connectivity index (χ4v) is 4.41. The zero-order valence-corrected chi connectivity index (χ0v) is 16.8. The van der Waals surface area contributed by atoms with E-state index in [0.717, 1.165) is 50.5 Å². The molecule has 1 heterocycles. The number of carboxylic acid groups (broad SMARTS) is 1. The van der Waals surface area contributed by atoms with Crippen molar-refractivity contribution in [3.05, 3.63) is 21.7 Å². The predicted molar refractivity (Wildman–Crippen MR) is 106 cm³/mol. The van der Waals surface area contributed by atoms with Crippen molar-refractivity contribution in [3.8, 4) is 0 Å². The van der Waals surface area contributed by atoms with Crippen molar-refractivity contribution >= 4 is 11.9 Å². The number of nitrogens with zero attached hydrogens (tertiary/aromatic N) is 4. The van der Waals surface area contributed by atoms with Crippen LogP contribution in [0.2, 0.25) is 0 Å². The van der Waals surface area contributed by atoms with Gasteiger partial charge in [0.15, 0.2) is 11.4 Å². The van der Waals surface area contributed by atoms with E-state index in [4.69, 9.17) is 20.1 Å². The maximum absolute atomic E-state index is 12.1. The summed E-state index contributed by atoms with van der Waals surface area (Å²) in [7, 11) is 0. The number of rotatable bonds is 9. The summed E-state index contributed by atoms with van der Waals surface area (Å²) in [6.07, 6.45) is 7.87. The van der Waals surface area contributed by atoms with E-state index >= 15 is 0 Å². The number of hydrogen-bond donors (Lipinski definition) is 2. The normalized spacial score (nSPS) is 29.8. The number of ether oxygens (including phenoxy) is 2. The molecule has 0 aromatic rings. The number of carboxylic acids is 1. The Bertz CT molecular complexity index is 708. The second kappa shape index (κ2) is 10.1. The lowest BCUT2D eigenvalue weighted by Gasteiger charge is -2.28. The first-order valence-electron chi connectivity index (χ1n) is 10.5. The molecule has 0 unspecified atom stereocenters. The summed E-state index contributed by atoms with van der Waals surface area (Å²) in [5, 5.41) is 22.6. The Labute approximate surface area is 170 Å². The average molecular weight is 406 g/mol. The molecule has 1 saturated carbocycles. The average Bonchev–Trinajstić information content (AvgIpc) is 3.16. The van der Waals surface area contributed by atoms with E-state index in [-0.39, 0.29) is 31.7 Å². The number of allylic oxidation sites excluding steroid dienone is 1. The number of carbonyl (C=O) groups is 1. The van der Waals surface area contributed by atoms with Crippen LogP contribution in [0, 0.1) is 5.92 Å². The quantitative estimate of drug-likeness (QED) is 0.260. The minimum absolute atomic E-state index is 0.0254. The van der Waals surface area contributed by atoms with Gasteiger partial charge in [-0.15, -0.1) is 0 Å². The molecule has 9 nitrogen and oxygen atoms in total. The van der Waals surface area contributed by atoms with Gasteiger partial charge in [-0.1, -0.05) is 10.7 Å². The number of aliphatic carboxylic acids is 1. The van der Waals surface area contributed by atoms with Crippen molar-refractivity contribution in [1.82, 2.24) is 0 Å². The Morgan fingerprint density at radius 1 is 1.31 bits per heavy atom. The van der Waals surface area contributed by atoms with Gasteiger partial charge in [0.05, 0.1) is 6.10 Å². The predicted octanol–water partition coefficient (Wildman–Crippen LogP) is 3.72. The molecular formula is C20H30N4O5. The van der Waals surface area contributed by atoms with Crippen LogP contribution in [0.1, 0.15) is 64.2 Å². The van der Waals surface area contributed by atoms with Crippen LogP contribution in [0.25, 0.3) is 10.4 Å². The molecule has 1 fully saturated rings. The van der Waals surface area contributed by atoms with E-state index in [9.17, 15) is 9.90 Å². The number of aliphatic imine (C=N–C) groups is 1. The largest absolute Gasteiger partial charge is 0.479 e. The Hall–Kier alpha value is -2.09. The van der Waals surface area contributed by atoms with E-state index in [1.54, 1.807) is 0 Å². The van der Waals surface area contributed by atoms with Gasteiger partial charge in [0.1, 0.15) is 6.61 Å². The van der Waals surface area contributed by atoms with Crippen LogP contribution < -0.4 is 0 Å². The minimum atomic E-state index is -1.33. The highest BCUT2D eigenvalue weighted by Crippen LogP contribution is 2.38. The van der Waals surface area contributed by atoms with Crippen LogP contribution in [0.5, 0.6) is 0 Å². The summed E-state index contributed by atoms with van der Waals surface area (Å²) in [6, 6.07) is 0. The van der Waals surface area contributed by atoms with Crippen molar-refractivity contribution in [2.45, 2.75) is 75.9 Å². The van der Waals surface area contributed by atoms with E-state index in [2.05, 4.69) is 15.0 Å². The Morgan fingerprint density at radius 2 is 2.07 bits per heavy atom. The van der Waals surface area contributed by atoms with Gasteiger partial charge in [-0.3, -0.25) is 0 Å². The third kappa shape index (κ3) is 5.29. The van der Waals surface area contributed by atoms with E-state index in [0.29, 0.717) is 31.0 Å². The first kappa shape index (κ1) is 21.6. The SMILES string of the molecule is [N-]=[N+]=NC1=C(C[C@]2(C(=O)O)COC(C3CCC(OCCCO)CC3)=N2)CCCC1. The molecule has 1 aliphatic heterocycles. The molecule has 2 N–H and O–H groups in total. The van der Waals surface area contributed by atoms with Crippen LogP contribution in [0.4, 0.5) is 0 Å². The van der Waals surface area contributed by atoms with Gasteiger partial charge < -0.3 is 19.7 Å². The number of hydrogen-bond acceptors (Lipinski definition) is 6. The molecule has 0 radical (unpaired) electrons. The van der Waals surface area contributed by atoms with Gasteiger partial charge in [0, 0.05) is 36.2 Å². The third-order valence-corrected chi connectivity index (χ3v) is 6.08. The highest BCUT2D eigenvalue weighted by Gasteiger charge is 2.47. The first-order valence-corrected chi connectivity index (χ1v) is 10.5. The van der Waals surface area contributed by atoms with Crippen molar-refractivity contribution in [2.24, 2.45) is 16.0 Å². The molecule has 0 bridgehead atoms. The monoisotopic (exact) mass is 406 g/mol. The molecule has 1 atom stereocenters. The molecule has 0 amide bonds. The zero-order chi connectivity index (χ0) is 20.7. The number of azide groups is 1. The summed E-state index contributed by atoms with van der Waals surface area (Å²) in [6.45, 7) is 0.723. The highest BCUT2D eigenvalue weighted by molar-refractivity contribution is 5.89. The van der Waals surface area contributed by atoms with Crippen LogP contribution in [-0.4, -0.2) is 53.5 Å².